The summed E-state index contributed by atoms with van der Waals surface area (Å²) in [7, 11) is 3.14. The number of rotatable bonds is 6. The zero-order valence-electron chi connectivity index (χ0n) is 18.3. The first-order valence-electron chi connectivity index (χ1n) is 10.7. The summed E-state index contributed by atoms with van der Waals surface area (Å²) in [5, 5.41) is 0. The Kier molecular flexibility index (Phi) is 6.71. The number of halogens is 1. The Morgan fingerprint density at radius 3 is 1.94 bits per heavy atom. The number of carbonyl (C=O) groups excluding carboxylic acids is 1. The standard InChI is InChI=1S/C26H27FN2O3/c1-31-23-16-21(17-24(18-23)32-2)26(30)29-14-12-28(13-15-29)25(19-6-4-3-5-7-19)20-8-10-22(27)11-9-20/h3-11,16-18,25H,12-15H2,1-2H3. The summed E-state index contributed by atoms with van der Waals surface area (Å²) in [6, 6.07) is 22.1. The summed E-state index contributed by atoms with van der Waals surface area (Å²) < 4.78 is 24.1. The van der Waals surface area contributed by atoms with E-state index in [9.17, 15) is 9.18 Å². The number of ether oxygens (including phenoxy) is 2. The van der Waals surface area contributed by atoms with Crippen molar-refractivity contribution in [1.82, 2.24) is 9.80 Å². The first-order chi connectivity index (χ1) is 15.6. The minimum Gasteiger partial charge on any atom is -0.497 e. The predicted molar refractivity (Wildman–Crippen MR) is 122 cm³/mol. The minimum atomic E-state index is -0.246. The average molecular weight is 435 g/mol. The van der Waals surface area contributed by atoms with E-state index >= 15 is 0 Å². The molecule has 32 heavy (non-hydrogen) atoms. The van der Waals surface area contributed by atoms with Gasteiger partial charge in [-0.1, -0.05) is 42.5 Å². The van der Waals surface area contributed by atoms with Crippen LogP contribution in [0.5, 0.6) is 11.5 Å². The van der Waals surface area contributed by atoms with Gasteiger partial charge in [0.15, 0.2) is 0 Å². The second-order valence-electron chi connectivity index (χ2n) is 7.79. The van der Waals surface area contributed by atoms with Gasteiger partial charge in [0.25, 0.3) is 5.91 Å². The molecule has 0 bridgehead atoms. The highest BCUT2D eigenvalue weighted by Gasteiger charge is 2.29. The van der Waals surface area contributed by atoms with Crippen molar-refractivity contribution in [3.8, 4) is 11.5 Å². The van der Waals surface area contributed by atoms with Gasteiger partial charge in [0.1, 0.15) is 17.3 Å². The van der Waals surface area contributed by atoms with E-state index in [0.29, 0.717) is 43.2 Å². The number of methoxy groups -OCH3 is 2. The summed E-state index contributed by atoms with van der Waals surface area (Å²) in [6.07, 6.45) is 0. The lowest BCUT2D eigenvalue weighted by Gasteiger charge is -2.39. The second kappa shape index (κ2) is 9.83. The molecule has 1 aliphatic rings. The maximum Gasteiger partial charge on any atom is 0.254 e. The molecule has 3 aromatic rings. The van der Waals surface area contributed by atoms with Crippen LogP contribution in [0.25, 0.3) is 0 Å². The average Bonchev–Trinajstić information content (AvgIpc) is 2.85. The SMILES string of the molecule is COc1cc(OC)cc(C(=O)N2CCN(C(c3ccccc3)c3ccc(F)cc3)CC2)c1. The first-order valence-corrected chi connectivity index (χ1v) is 10.7. The van der Waals surface area contributed by atoms with Gasteiger partial charge >= 0.3 is 0 Å². The molecule has 5 nitrogen and oxygen atoms in total. The van der Waals surface area contributed by atoms with E-state index in [1.165, 1.54) is 12.1 Å². The van der Waals surface area contributed by atoms with Crippen LogP contribution in [0.3, 0.4) is 0 Å². The van der Waals surface area contributed by atoms with Gasteiger partial charge in [-0.25, -0.2) is 4.39 Å². The number of benzene rings is 3. The Labute approximate surface area is 188 Å². The Hall–Kier alpha value is -3.38. The van der Waals surface area contributed by atoms with Crippen molar-refractivity contribution in [1.29, 1.82) is 0 Å². The van der Waals surface area contributed by atoms with Crippen LogP contribution in [0.15, 0.2) is 72.8 Å². The van der Waals surface area contributed by atoms with E-state index < -0.39 is 0 Å². The van der Waals surface area contributed by atoms with Crippen LogP contribution < -0.4 is 9.47 Å². The number of carbonyl (C=O) groups is 1. The molecule has 0 N–H and O–H groups in total. The van der Waals surface area contributed by atoms with E-state index in [-0.39, 0.29) is 17.8 Å². The zero-order valence-corrected chi connectivity index (χ0v) is 18.3. The number of piperazine rings is 1. The third-order valence-corrected chi connectivity index (χ3v) is 5.87. The Balaban J connectivity index is 1.52. The molecule has 1 amide bonds. The largest absolute Gasteiger partial charge is 0.497 e. The van der Waals surface area contributed by atoms with Crippen LogP contribution in [0.2, 0.25) is 0 Å². The molecule has 1 heterocycles. The second-order valence-corrected chi connectivity index (χ2v) is 7.79. The summed E-state index contributed by atoms with van der Waals surface area (Å²) in [5.74, 6) is 0.892. The van der Waals surface area contributed by atoms with Gasteiger partial charge in [-0.3, -0.25) is 9.69 Å². The first kappa shape index (κ1) is 21.8. The third-order valence-electron chi connectivity index (χ3n) is 5.87. The minimum absolute atomic E-state index is 0.00552. The van der Waals surface area contributed by atoms with Crippen LogP contribution in [0.1, 0.15) is 27.5 Å². The summed E-state index contributed by atoms with van der Waals surface area (Å²) in [4.78, 5) is 17.3. The van der Waals surface area contributed by atoms with Gasteiger partial charge in [0, 0.05) is 37.8 Å². The van der Waals surface area contributed by atoms with Gasteiger partial charge in [-0.2, -0.15) is 0 Å². The molecule has 1 fully saturated rings. The predicted octanol–water partition coefficient (Wildman–Crippen LogP) is 4.39. The highest BCUT2D eigenvalue weighted by molar-refractivity contribution is 5.95. The summed E-state index contributed by atoms with van der Waals surface area (Å²) in [5.41, 5.74) is 2.74. The van der Waals surface area contributed by atoms with E-state index in [2.05, 4.69) is 17.0 Å². The van der Waals surface area contributed by atoms with Gasteiger partial charge < -0.3 is 14.4 Å². The molecule has 166 valence electrons. The van der Waals surface area contributed by atoms with Gasteiger partial charge in [0.05, 0.1) is 20.3 Å². The molecule has 3 aromatic carbocycles. The fraction of sp³-hybridized carbons (Fsp3) is 0.269. The molecule has 0 saturated carbocycles. The third kappa shape index (κ3) is 4.75. The monoisotopic (exact) mass is 434 g/mol. The quantitative estimate of drug-likeness (QED) is 0.577. The van der Waals surface area contributed by atoms with Crippen molar-refractivity contribution in [3.05, 3.63) is 95.3 Å². The van der Waals surface area contributed by atoms with Crippen molar-refractivity contribution < 1.29 is 18.7 Å². The maximum atomic E-state index is 13.5. The van der Waals surface area contributed by atoms with Crippen LogP contribution in [-0.4, -0.2) is 56.1 Å². The lowest BCUT2D eigenvalue weighted by atomic mass is 9.96. The van der Waals surface area contributed by atoms with E-state index in [0.717, 1.165) is 11.1 Å². The van der Waals surface area contributed by atoms with Crippen molar-refractivity contribution in [3.63, 3.8) is 0 Å². The van der Waals surface area contributed by atoms with Crippen molar-refractivity contribution >= 4 is 5.91 Å². The van der Waals surface area contributed by atoms with E-state index in [4.69, 9.17) is 9.47 Å². The molecule has 6 heteroatoms. The molecule has 0 radical (unpaired) electrons. The molecule has 4 rings (SSSR count). The Morgan fingerprint density at radius 1 is 0.812 bits per heavy atom. The van der Waals surface area contributed by atoms with Crippen molar-refractivity contribution in [2.24, 2.45) is 0 Å². The van der Waals surface area contributed by atoms with Gasteiger partial charge in [-0.05, 0) is 35.4 Å². The normalized spacial score (nSPS) is 15.3. The number of hydrogen-bond donors (Lipinski definition) is 0. The van der Waals surface area contributed by atoms with Gasteiger partial charge in [-0.15, -0.1) is 0 Å². The molecular formula is C26H27FN2O3. The highest BCUT2D eigenvalue weighted by atomic mass is 19.1. The molecule has 1 saturated heterocycles. The van der Waals surface area contributed by atoms with Crippen molar-refractivity contribution in [2.45, 2.75) is 6.04 Å². The Morgan fingerprint density at radius 2 is 1.38 bits per heavy atom. The number of hydrogen-bond acceptors (Lipinski definition) is 4. The van der Waals surface area contributed by atoms with Crippen LogP contribution in [0.4, 0.5) is 4.39 Å². The molecule has 0 aromatic heterocycles. The van der Waals surface area contributed by atoms with E-state index in [1.54, 1.807) is 32.4 Å². The molecule has 0 aliphatic carbocycles. The molecule has 1 unspecified atom stereocenters. The summed E-state index contributed by atoms with van der Waals surface area (Å²) >= 11 is 0. The fourth-order valence-corrected chi connectivity index (χ4v) is 4.19. The molecule has 1 aliphatic heterocycles. The number of amides is 1. The van der Waals surface area contributed by atoms with Gasteiger partial charge in [0.2, 0.25) is 0 Å². The highest BCUT2D eigenvalue weighted by Crippen LogP contribution is 2.30. The zero-order chi connectivity index (χ0) is 22.5. The lowest BCUT2D eigenvalue weighted by Crippen LogP contribution is -2.49. The number of nitrogens with zero attached hydrogens (tertiary/aromatic N) is 2. The topological polar surface area (TPSA) is 42.0 Å². The van der Waals surface area contributed by atoms with Crippen LogP contribution in [-0.2, 0) is 0 Å². The van der Waals surface area contributed by atoms with Crippen LogP contribution in [0, 0.1) is 5.82 Å². The van der Waals surface area contributed by atoms with E-state index in [1.807, 2.05) is 35.2 Å². The maximum absolute atomic E-state index is 13.5. The smallest absolute Gasteiger partial charge is 0.254 e. The van der Waals surface area contributed by atoms with Crippen LogP contribution >= 0.6 is 0 Å². The molecular weight excluding hydrogens is 407 g/mol. The fourth-order valence-electron chi connectivity index (χ4n) is 4.19. The lowest BCUT2D eigenvalue weighted by molar-refractivity contribution is 0.0596. The molecule has 1 atom stereocenters. The molecule has 0 spiro atoms. The Bertz CT molecular complexity index is 1030. The summed E-state index contributed by atoms with van der Waals surface area (Å²) in [6.45, 7) is 2.62. The van der Waals surface area contributed by atoms with Crippen molar-refractivity contribution in [2.75, 3.05) is 40.4 Å².